The van der Waals surface area contributed by atoms with Gasteiger partial charge in [0.05, 0.1) is 23.7 Å². The van der Waals surface area contributed by atoms with Crippen molar-refractivity contribution < 1.29 is 9.59 Å². The van der Waals surface area contributed by atoms with Gasteiger partial charge in [0.1, 0.15) is 0 Å². The van der Waals surface area contributed by atoms with Gasteiger partial charge in [-0.3, -0.25) is 9.59 Å². The number of hydrogen-bond donors (Lipinski definition) is 3. The molecule has 0 unspecified atom stereocenters. The molecule has 0 radical (unpaired) electrons. The molecule has 5 nitrogen and oxygen atoms in total. The summed E-state index contributed by atoms with van der Waals surface area (Å²) in [5.41, 5.74) is 2.09. The van der Waals surface area contributed by atoms with Crippen molar-refractivity contribution in [1.29, 1.82) is 0 Å². The zero-order chi connectivity index (χ0) is 12.4. The van der Waals surface area contributed by atoms with Crippen LogP contribution in [0, 0.1) is 0 Å². The molecular formula is C11H12ClN3O2. The fraction of sp³-hybridized carbons (Fsp3) is 0.273. The van der Waals surface area contributed by atoms with Crippen LogP contribution < -0.4 is 16.0 Å². The van der Waals surface area contributed by atoms with Crippen LogP contribution in [0.3, 0.4) is 0 Å². The number of amides is 2. The topological polar surface area (TPSA) is 70.2 Å². The van der Waals surface area contributed by atoms with E-state index in [0.29, 0.717) is 22.8 Å². The van der Waals surface area contributed by atoms with Crippen LogP contribution in [0.15, 0.2) is 12.1 Å². The first-order valence-electron chi connectivity index (χ1n) is 5.17. The molecule has 0 aliphatic carbocycles. The van der Waals surface area contributed by atoms with Crippen molar-refractivity contribution in [3.05, 3.63) is 22.7 Å². The Hall–Kier alpha value is -1.59. The lowest BCUT2D eigenvalue weighted by Crippen LogP contribution is -2.25. The molecule has 0 fully saturated rings. The number of carbonyl (C=O) groups is 2. The fourth-order valence-corrected chi connectivity index (χ4v) is 1.91. The standard InChI is InChI=1S/C11H12ClN3O2/c1-13-5-11(17)15-9-2-6-3-10(16)14-8(6)4-7(9)12/h2,4,13H,3,5H2,1H3,(H,14,16)(H,15,17). The van der Waals surface area contributed by atoms with Crippen molar-refractivity contribution in [3.8, 4) is 0 Å². The Morgan fingerprint density at radius 1 is 1.53 bits per heavy atom. The minimum atomic E-state index is -0.174. The van der Waals surface area contributed by atoms with Gasteiger partial charge >= 0.3 is 0 Å². The average Bonchev–Trinajstić information content (AvgIpc) is 2.58. The van der Waals surface area contributed by atoms with Gasteiger partial charge in [-0.1, -0.05) is 11.6 Å². The average molecular weight is 254 g/mol. The van der Waals surface area contributed by atoms with Gasteiger partial charge in [0, 0.05) is 5.69 Å². The lowest BCUT2D eigenvalue weighted by molar-refractivity contribution is -0.116. The molecular weight excluding hydrogens is 242 g/mol. The van der Waals surface area contributed by atoms with Gasteiger partial charge in [0.25, 0.3) is 0 Å². The number of halogens is 1. The van der Waals surface area contributed by atoms with E-state index in [0.717, 1.165) is 5.56 Å². The van der Waals surface area contributed by atoms with E-state index >= 15 is 0 Å². The van der Waals surface area contributed by atoms with E-state index in [4.69, 9.17) is 11.6 Å². The highest BCUT2D eigenvalue weighted by molar-refractivity contribution is 6.34. The second-order valence-corrected chi connectivity index (χ2v) is 4.20. The first kappa shape index (κ1) is 11.9. The highest BCUT2D eigenvalue weighted by atomic mass is 35.5. The van der Waals surface area contributed by atoms with Crippen LogP contribution in [0.5, 0.6) is 0 Å². The van der Waals surface area contributed by atoms with Crippen molar-refractivity contribution >= 4 is 34.8 Å². The van der Waals surface area contributed by atoms with Crippen LogP contribution in [-0.2, 0) is 16.0 Å². The zero-order valence-electron chi connectivity index (χ0n) is 9.26. The molecule has 1 aromatic rings. The lowest BCUT2D eigenvalue weighted by atomic mass is 10.1. The molecule has 1 aliphatic rings. The predicted octanol–water partition coefficient (Wildman–Crippen LogP) is 0.992. The summed E-state index contributed by atoms with van der Waals surface area (Å²) < 4.78 is 0. The highest BCUT2D eigenvalue weighted by Crippen LogP contribution is 2.32. The molecule has 17 heavy (non-hydrogen) atoms. The van der Waals surface area contributed by atoms with E-state index in [9.17, 15) is 9.59 Å². The molecule has 0 bridgehead atoms. The van der Waals surface area contributed by atoms with Crippen LogP contribution in [0.2, 0.25) is 5.02 Å². The summed E-state index contributed by atoms with van der Waals surface area (Å²) >= 11 is 6.01. The third-order valence-electron chi connectivity index (χ3n) is 2.43. The van der Waals surface area contributed by atoms with Crippen molar-refractivity contribution in [2.24, 2.45) is 0 Å². The van der Waals surface area contributed by atoms with Gasteiger partial charge in [-0.25, -0.2) is 0 Å². The van der Waals surface area contributed by atoms with Gasteiger partial charge in [-0.2, -0.15) is 0 Å². The van der Waals surface area contributed by atoms with E-state index in [-0.39, 0.29) is 18.4 Å². The molecule has 90 valence electrons. The third-order valence-corrected chi connectivity index (χ3v) is 2.74. The Morgan fingerprint density at radius 3 is 3.00 bits per heavy atom. The summed E-state index contributed by atoms with van der Waals surface area (Å²) in [6.07, 6.45) is 0.321. The number of likely N-dealkylation sites (N-methyl/N-ethyl adjacent to an activating group) is 1. The van der Waals surface area contributed by atoms with Crippen molar-refractivity contribution in [1.82, 2.24) is 5.32 Å². The van der Waals surface area contributed by atoms with E-state index in [1.54, 1.807) is 19.2 Å². The number of hydrogen-bond acceptors (Lipinski definition) is 3. The maximum Gasteiger partial charge on any atom is 0.238 e. The molecule has 3 N–H and O–H groups in total. The number of anilines is 2. The van der Waals surface area contributed by atoms with Crippen molar-refractivity contribution in [2.45, 2.75) is 6.42 Å². The van der Waals surface area contributed by atoms with Gasteiger partial charge in [0.2, 0.25) is 11.8 Å². The lowest BCUT2D eigenvalue weighted by Gasteiger charge is -2.09. The second-order valence-electron chi connectivity index (χ2n) is 3.79. The summed E-state index contributed by atoms with van der Waals surface area (Å²) in [7, 11) is 1.69. The molecule has 0 saturated carbocycles. The number of nitrogens with one attached hydrogen (secondary N) is 3. The number of carbonyl (C=O) groups excluding carboxylic acids is 2. The second kappa shape index (κ2) is 4.73. The molecule has 1 aromatic carbocycles. The summed E-state index contributed by atoms with van der Waals surface area (Å²) in [5.74, 6) is -0.235. The molecule has 2 rings (SSSR count). The van der Waals surface area contributed by atoms with E-state index in [1.807, 2.05) is 0 Å². The smallest absolute Gasteiger partial charge is 0.238 e. The van der Waals surface area contributed by atoms with Crippen LogP contribution in [0.25, 0.3) is 0 Å². The Balaban J connectivity index is 2.22. The molecule has 0 saturated heterocycles. The molecule has 0 spiro atoms. The SMILES string of the molecule is CNCC(=O)Nc1cc2c(cc1Cl)NC(=O)C2. The number of rotatable bonds is 3. The van der Waals surface area contributed by atoms with Crippen LogP contribution >= 0.6 is 11.6 Å². The van der Waals surface area contributed by atoms with Crippen LogP contribution in [0.4, 0.5) is 11.4 Å². The summed E-state index contributed by atoms with van der Waals surface area (Å²) in [6, 6.07) is 3.37. The van der Waals surface area contributed by atoms with Crippen LogP contribution in [0.1, 0.15) is 5.56 Å². The monoisotopic (exact) mass is 253 g/mol. The Labute approximate surface area is 104 Å². The largest absolute Gasteiger partial charge is 0.325 e. The third kappa shape index (κ3) is 2.57. The molecule has 0 atom stereocenters. The fourth-order valence-electron chi connectivity index (χ4n) is 1.70. The van der Waals surface area contributed by atoms with Gasteiger partial charge in [0.15, 0.2) is 0 Å². The summed E-state index contributed by atoms with van der Waals surface area (Å²) in [5, 5.41) is 8.54. The summed E-state index contributed by atoms with van der Waals surface area (Å²) in [4.78, 5) is 22.6. The van der Waals surface area contributed by atoms with Crippen molar-refractivity contribution in [2.75, 3.05) is 24.2 Å². The molecule has 6 heteroatoms. The maximum atomic E-state index is 11.4. The minimum Gasteiger partial charge on any atom is -0.325 e. The molecule has 1 heterocycles. The van der Waals surface area contributed by atoms with E-state index < -0.39 is 0 Å². The van der Waals surface area contributed by atoms with Gasteiger partial charge < -0.3 is 16.0 Å². The van der Waals surface area contributed by atoms with Gasteiger partial charge in [-0.15, -0.1) is 0 Å². The number of fused-ring (bicyclic) bond motifs is 1. The highest BCUT2D eigenvalue weighted by Gasteiger charge is 2.19. The number of benzene rings is 1. The molecule has 2 amide bonds. The predicted molar refractivity (Wildman–Crippen MR) is 66.3 cm³/mol. The van der Waals surface area contributed by atoms with Crippen LogP contribution in [-0.4, -0.2) is 25.4 Å². The molecule has 1 aliphatic heterocycles. The Morgan fingerprint density at radius 2 is 2.29 bits per heavy atom. The summed E-state index contributed by atoms with van der Waals surface area (Å²) in [6.45, 7) is 0.213. The van der Waals surface area contributed by atoms with E-state index in [2.05, 4.69) is 16.0 Å². The molecule has 0 aromatic heterocycles. The van der Waals surface area contributed by atoms with Gasteiger partial charge in [-0.05, 0) is 24.7 Å². The minimum absolute atomic E-state index is 0.0604. The van der Waals surface area contributed by atoms with Crippen molar-refractivity contribution in [3.63, 3.8) is 0 Å². The first-order chi connectivity index (χ1) is 8.10. The maximum absolute atomic E-state index is 11.4. The quantitative estimate of drug-likeness (QED) is 0.753. The normalized spacial score (nSPS) is 13.2. The Kier molecular flexibility index (Phi) is 3.31. The zero-order valence-corrected chi connectivity index (χ0v) is 10.0. The Bertz CT molecular complexity index is 488. The van der Waals surface area contributed by atoms with E-state index in [1.165, 1.54) is 0 Å². The first-order valence-corrected chi connectivity index (χ1v) is 5.54.